The summed E-state index contributed by atoms with van der Waals surface area (Å²) in [6, 6.07) is 7.03. The van der Waals surface area contributed by atoms with E-state index in [0.29, 0.717) is 46.8 Å². The number of hydrogen-bond donors (Lipinski definition) is 0. The Balaban J connectivity index is 1.69. The van der Waals surface area contributed by atoms with Crippen LogP contribution in [0.4, 0.5) is 22.0 Å². The Bertz CT molecular complexity index is 1080. The van der Waals surface area contributed by atoms with Gasteiger partial charge in [-0.05, 0) is 52.8 Å². The molecule has 1 aliphatic rings. The van der Waals surface area contributed by atoms with Gasteiger partial charge in [0.25, 0.3) is 0 Å². The summed E-state index contributed by atoms with van der Waals surface area (Å²) >= 11 is 0.499. The molecule has 4 rings (SSSR count). The van der Waals surface area contributed by atoms with Crippen molar-refractivity contribution in [2.45, 2.75) is 32.5 Å². The van der Waals surface area contributed by atoms with E-state index in [9.17, 15) is 22.0 Å². The van der Waals surface area contributed by atoms with Crippen LogP contribution in [0.5, 0.6) is 17.2 Å². The monoisotopic (exact) mass is 456 g/mol. The van der Waals surface area contributed by atoms with Gasteiger partial charge in [0, 0.05) is 5.56 Å². The SMILES string of the molecule is CCCc1cc(F)c(OCc2c(-c3ccc4c(c3)OCO4)csc2C(F)(F)F)c(F)c1. The molecule has 0 spiro atoms. The van der Waals surface area contributed by atoms with Crippen LogP contribution >= 0.6 is 11.3 Å². The highest BCUT2D eigenvalue weighted by Gasteiger charge is 2.37. The molecule has 0 N–H and O–H groups in total. The van der Waals surface area contributed by atoms with E-state index in [1.54, 1.807) is 18.2 Å². The largest absolute Gasteiger partial charge is 0.483 e. The van der Waals surface area contributed by atoms with E-state index in [4.69, 9.17) is 14.2 Å². The summed E-state index contributed by atoms with van der Waals surface area (Å²) in [6.07, 6.45) is -3.47. The van der Waals surface area contributed by atoms with Crippen LogP contribution in [0.1, 0.15) is 29.3 Å². The van der Waals surface area contributed by atoms with E-state index in [1.165, 1.54) is 5.38 Å². The number of hydrogen-bond acceptors (Lipinski definition) is 4. The number of benzene rings is 2. The summed E-state index contributed by atoms with van der Waals surface area (Å²) in [4.78, 5) is -0.886. The van der Waals surface area contributed by atoms with Crippen molar-refractivity contribution in [2.75, 3.05) is 6.79 Å². The van der Waals surface area contributed by atoms with Crippen LogP contribution in [0, 0.1) is 11.6 Å². The lowest BCUT2D eigenvalue weighted by Crippen LogP contribution is -2.09. The fourth-order valence-electron chi connectivity index (χ4n) is 3.40. The molecule has 3 aromatic rings. The van der Waals surface area contributed by atoms with Gasteiger partial charge in [-0.2, -0.15) is 13.2 Å². The Morgan fingerprint density at radius 1 is 1.03 bits per heavy atom. The van der Waals surface area contributed by atoms with Crippen LogP contribution in [-0.4, -0.2) is 6.79 Å². The topological polar surface area (TPSA) is 27.7 Å². The van der Waals surface area contributed by atoms with Gasteiger partial charge in [0.05, 0.1) is 0 Å². The van der Waals surface area contributed by atoms with E-state index in [2.05, 4.69) is 0 Å². The average molecular weight is 456 g/mol. The number of alkyl halides is 3. The zero-order valence-corrected chi connectivity index (χ0v) is 17.1. The van der Waals surface area contributed by atoms with Crippen molar-refractivity contribution >= 4 is 11.3 Å². The van der Waals surface area contributed by atoms with Gasteiger partial charge in [0.15, 0.2) is 28.9 Å². The van der Waals surface area contributed by atoms with Gasteiger partial charge < -0.3 is 14.2 Å². The van der Waals surface area contributed by atoms with Crippen molar-refractivity contribution < 1.29 is 36.2 Å². The van der Waals surface area contributed by atoms with Gasteiger partial charge in [0.2, 0.25) is 6.79 Å². The van der Waals surface area contributed by atoms with E-state index >= 15 is 0 Å². The van der Waals surface area contributed by atoms with Crippen molar-refractivity contribution in [2.24, 2.45) is 0 Å². The minimum atomic E-state index is -4.64. The first-order chi connectivity index (χ1) is 14.8. The lowest BCUT2D eigenvalue weighted by atomic mass is 10.0. The molecule has 2 heterocycles. The average Bonchev–Trinajstić information content (AvgIpc) is 3.33. The quantitative estimate of drug-likeness (QED) is 0.375. The molecule has 0 saturated carbocycles. The molecule has 0 bridgehead atoms. The molecule has 0 unspecified atom stereocenters. The summed E-state index contributed by atoms with van der Waals surface area (Å²) in [5.74, 6) is -1.69. The third kappa shape index (κ3) is 4.32. The fourth-order valence-corrected chi connectivity index (χ4v) is 4.36. The molecular weight excluding hydrogens is 439 g/mol. The van der Waals surface area contributed by atoms with E-state index < -0.39 is 35.0 Å². The zero-order chi connectivity index (χ0) is 22.2. The Kier molecular flexibility index (Phi) is 5.79. The van der Waals surface area contributed by atoms with Gasteiger partial charge in [-0.15, -0.1) is 11.3 Å². The second-order valence-corrected chi connectivity index (χ2v) is 7.83. The molecule has 1 aromatic heterocycles. The maximum Gasteiger partial charge on any atom is 0.426 e. The molecule has 3 nitrogen and oxygen atoms in total. The first-order valence-corrected chi connectivity index (χ1v) is 10.3. The van der Waals surface area contributed by atoms with Crippen LogP contribution in [0.25, 0.3) is 11.1 Å². The van der Waals surface area contributed by atoms with Gasteiger partial charge in [-0.25, -0.2) is 8.78 Å². The number of aryl methyl sites for hydroxylation is 1. The van der Waals surface area contributed by atoms with Crippen LogP contribution < -0.4 is 14.2 Å². The first kappa shape index (κ1) is 21.4. The first-order valence-electron chi connectivity index (χ1n) is 9.46. The van der Waals surface area contributed by atoms with Crippen LogP contribution in [0.15, 0.2) is 35.7 Å². The molecule has 0 saturated heterocycles. The van der Waals surface area contributed by atoms with Crippen LogP contribution in [-0.2, 0) is 19.2 Å². The zero-order valence-electron chi connectivity index (χ0n) is 16.3. The van der Waals surface area contributed by atoms with Gasteiger partial charge in [-0.3, -0.25) is 0 Å². The standard InChI is InChI=1S/C22H17F5O3S/c1-2-3-12-6-16(23)20(17(24)7-12)28-9-14-15(10-31-21(14)22(25,26)27)13-4-5-18-19(8-13)30-11-29-18/h4-8,10H,2-3,9,11H2,1H3. The van der Waals surface area contributed by atoms with E-state index in [-0.39, 0.29) is 17.9 Å². The molecule has 0 atom stereocenters. The normalized spacial score (nSPS) is 13.0. The lowest BCUT2D eigenvalue weighted by Gasteiger charge is -2.14. The molecule has 31 heavy (non-hydrogen) atoms. The molecule has 1 aliphatic heterocycles. The number of ether oxygens (including phenoxy) is 3. The van der Waals surface area contributed by atoms with Gasteiger partial charge >= 0.3 is 6.18 Å². The van der Waals surface area contributed by atoms with Gasteiger partial charge in [-0.1, -0.05) is 19.4 Å². The second-order valence-electron chi connectivity index (χ2n) is 6.95. The highest BCUT2D eigenvalue weighted by atomic mass is 32.1. The van der Waals surface area contributed by atoms with Crippen molar-refractivity contribution in [1.82, 2.24) is 0 Å². The predicted molar refractivity (Wildman–Crippen MR) is 106 cm³/mol. The molecule has 164 valence electrons. The summed E-state index contributed by atoms with van der Waals surface area (Å²) in [5.41, 5.74) is 0.957. The molecule has 0 aliphatic carbocycles. The smallest absolute Gasteiger partial charge is 0.426 e. The van der Waals surface area contributed by atoms with E-state index in [0.717, 1.165) is 12.1 Å². The van der Waals surface area contributed by atoms with E-state index in [1.807, 2.05) is 6.92 Å². The minimum Gasteiger partial charge on any atom is -0.483 e. The van der Waals surface area contributed by atoms with Crippen LogP contribution in [0.2, 0.25) is 0 Å². The number of halogens is 5. The predicted octanol–water partition coefficient (Wildman–Crippen LogP) is 6.97. The Labute approximate surface area is 179 Å². The Hall–Kier alpha value is -2.81. The molecular formula is C22H17F5O3S. The summed E-state index contributed by atoms with van der Waals surface area (Å²) in [7, 11) is 0. The maximum atomic E-state index is 14.4. The highest BCUT2D eigenvalue weighted by Crippen LogP contribution is 2.44. The maximum absolute atomic E-state index is 14.4. The van der Waals surface area contributed by atoms with Crippen molar-refractivity contribution in [3.8, 4) is 28.4 Å². The summed E-state index contributed by atoms with van der Waals surface area (Å²) in [6.45, 7) is 1.25. The van der Waals surface area contributed by atoms with Gasteiger partial charge in [0.1, 0.15) is 11.5 Å². The number of fused-ring (bicyclic) bond motifs is 1. The molecule has 9 heteroatoms. The lowest BCUT2D eigenvalue weighted by molar-refractivity contribution is -0.135. The Morgan fingerprint density at radius 3 is 2.42 bits per heavy atom. The third-order valence-electron chi connectivity index (χ3n) is 4.79. The highest BCUT2D eigenvalue weighted by molar-refractivity contribution is 7.10. The second kappa shape index (κ2) is 8.37. The van der Waals surface area contributed by atoms with Crippen LogP contribution in [0.3, 0.4) is 0 Å². The Morgan fingerprint density at radius 2 is 1.74 bits per heavy atom. The molecule has 0 radical (unpaired) electrons. The van der Waals surface area contributed by atoms with Crippen molar-refractivity contribution in [1.29, 1.82) is 0 Å². The molecule has 0 amide bonds. The third-order valence-corrected chi connectivity index (χ3v) is 5.86. The molecule has 2 aromatic carbocycles. The number of thiophene rings is 1. The minimum absolute atomic E-state index is 0.0266. The van der Waals surface area contributed by atoms with Crippen molar-refractivity contribution in [3.05, 3.63) is 63.4 Å². The summed E-state index contributed by atoms with van der Waals surface area (Å²) in [5, 5.41) is 1.34. The number of rotatable bonds is 6. The fraction of sp³-hybridized carbons (Fsp3) is 0.273. The summed E-state index contributed by atoms with van der Waals surface area (Å²) < 4.78 is 85.2. The van der Waals surface area contributed by atoms with Crippen molar-refractivity contribution in [3.63, 3.8) is 0 Å². The molecule has 0 fully saturated rings.